The van der Waals surface area contributed by atoms with Crippen molar-refractivity contribution < 1.29 is 14.2 Å². The molecule has 5 nitrogen and oxygen atoms in total. The standard InChI is InChI=1S/C19H25NO2.C13H19NO.CH4/c1-3-4-14-21-18-9-5-16(6-10-18)17-7-11-19(12-8-17)22-15-13-20-2;1-3-11-15-13-8-6-12(7-9-13)5-4-10-14-2;/h5-12,20H,3-4,13-15H2,1-2H3;4-9,14H,3,10-11H2,1-2H3;1H4/b;5-4+;. The summed E-state index contributed by atoms with van der Waals surface area (Å²) in [5, 5.41) is 6.13. The molecule has 0 fully saturated rings. The molecule has 0 aliphatic heterocycles. The van der Waals surface area contributed by atoms with Crippen LogP contribution in [0.1, 0.15) is 46.1 Å². The van der Waals surface area contributed by atoms with Gasteiger partial charge in [0.15, 0.2) is 0 Å². The molecule has 0 saturated heterocycles. The smallest absolute Gasteiger partial charge is 0.119 e. The van der Waals surface area contributed by atoms with Crippen LogP contribution in [0.3, 0.4) is 0 Å². The molecule has 0 heterocycles. The highest BCUT2D eigenvalue weighted by Gasteiger charge is 2.00. The summed E-state index contributed by atoms with van der Waals surface area (Å²) in [6.07, 6.45) is 7.49. The topological polar surface area (TPSA) is 51.8 Å². The van der Waals surface area contributed by atoms with Gasteiger partial charge in [-0.05, 0) is 80.0 Å². The molecule has 0 unspecified atom stereocenters. The van der Waals surface area contributed by atoms with Gasteiger partial charge < -0.3 is 24.8 Å². The normalized spacial score (nSPS) is 10.3. The minimum absolute atomic E-state index is 0. The highest BCUT2D eigenvalue weighted by molar-refractivity contribution is 5.64. The summed E-state index contributed by atoms with van der Waals surface area (Å²) in [7, 11) is 3.86. The molecule has 3 aromatic rings. The molecule has 38 heavy (non-hydrogen) atoms. The zero-order chi connectivity index (χ0) is 26.6. The largest absolute Gasteiger partial charge is 0.494 e. The molecule has 0 aliphatic rings. The quantitative estimate of drug-likeness (QED) is 0.204. The summed E-state index contributed by atoms with van der Waals surface area (Å²) in [5.74, 6) is 2.78. The molecule has 208 valence electrons. The first kappa shape index (κ1) is 32.7. The van der Waals surface area contributed by atoms with Crippen LogP contribution in [-0.4, -0.2) is 47.0 Å². The Morgan fingerprint density at radius 2 is 1.11 bits per heavy atom. The Morgan fingerprint density at radius 3 is 1.58 bits per heavy atom. The van der Waals surface area contributed by atoms with Crippen molar-refractivity contribution in [2.45, 2.75) is 40.5 Å². The van der Waals surface area contributed by atoms with E-state index < -0.39 is 0 Å². The maximum atomic E-state index is 5.69. The lowest BCUT2D eigenvalue weighted by molar-refractivity contribution is 0.309. The number of hydrogen-bond donors (Lipinski definition) is 2. The van der Waals surface area contributed by atoms with Gasteiger partial charge in [-0.25, -0.2) is 0 Å². The first-order valence-corrected chi connectivity index (χ1v) is 13.3. The molecule has 0 radical (unpaired) electrons. The number of hydrogen-bond acceptors (Lipinski definition) is 5. The van der Waals surface area contributed by atoms with E-state index in [0.717, 1.165) is 62.8 Å². The van der Waals surface area contributed by atoms with E-state index in [9.17, 15) is 0 Å². The third-order valence-corrected chi connectivity index (χ3v) is 5.41. The van der Waals surface area contributed by atoms with Crippen molar-refractivity contribution in [1.82, 2.24) is 10.6 Å². The van der Waals surface area contributed by atoms with Crippen molar-refractivity contribution in [1.29, 1.82) is 0 Å². The van der Waals surface area contributed by atoms with Crippen molar-refractivity contribution in [2.75, 3.05) is 47.0 Å². The predicted octanol–water partition coefficient (Wildman–Crippen LogP) is 7.47. The summed E-state index contributed by atoms with van der Waals surface area (Å²) in [6.45, 7) is 8.27. The van der Waals surface area contributed by atoms with Gasteiger partial charge in [0.25, 0.3) is 0 Å². The van der Waals surface area contributed by atoms with E-state index in [1.807, 2.05) is 50.5 Å². The van der Waals surface area contributed by atoms with Crippen molar-refractivity contribution >= 4 is 6.08 Å². The van der Waals surface area contributed by atoms with E-state index in [4.69, 9.17) is 14.2 Å². The zero-order valence-electron chi connectivity index (χ0n) is 23.0. The lowest BCUT2D eigenvalue weighted by atomic mass is 10.1. The predicted molar refractivity (Wildman–Crippen MR) is 164 cm³/mol. The van der Waals surface area contributed by atoms with Gasteiger partial charge in [-0.15, -0.1) is 0 Å². The Morgan fingerprint density at radius 1 is 0.605 bits per heavy atom. The Balaban J connectivity index is 0.000000397. The van der Waals surface area contributed by atoms with E-state index in [2.05, 4.69) is 73.0 Å². The molecule has 0 spiro atoms. The molecular formula is C33H48N2O3. The number of nitrogens with one attached hydrogen (secondary N) is 2. The molecule has 3 rings (SSSR count). The number of ether oxygens (including phenoxy) is 3. The van der Waals surface area contributed by atoms with E-state index in [0.29, 0.717) is 6.61 Å². The SMILES string of the molecule is C.CCCCOc1ccc(-c2ccc(OCCNC)cc2)cc1.CCCOc1ccc(/C=C/CNC)cc1. The lowest BCUT2D eigenvalue weighted by Crippen LogP contribution is -2.15. The van der Waals surface area contributed by atoms with Gasteiger partial charge in [-0.2, -0.15) is 0 Å². The highest BCUT2D eigenvalue weighted by Crippen LogP contribution is 2.24. The van der Waals surface area contributed by atoms with Crippen LogP contribution >= 0.6 is 0 Å². The molecule has 0 aliphatic carbocycles. The van der Waals surface area contributed by atoms with E-state index >= 15 is 0 Å². The van der Waals surface area contributed by atoms with Gasteiger partial charge in [0.2, 0.25) is 0 Å². The molecular weight excluding hydrogens is 472 g/mol. The molecule has 0 saturated carbocycles. The maximum Gasteiger partial charge on any atom is 0.119 e. The van der Waals surface area contributed by atoms with Gasteiger partial charge >= 0.3 is 0 Å². The fourth-order valence-corrected chi connectivity index (χ4v) is 3.30. The summed E-state index contributed by atoms with van der Waals surface area (Å²) in [4.78, 5) is 0. The first-order valence-electron chi connectivity index (χ1n) is 13.3. The van der Waals surface area contributed by atoms with Gasteiger partial charge in [0, 0.05) is 13.1 Å². The second kappa shape index (κ2) is 20.7. The highest BCUT2D eigenvalue weighted by atomic mass is 16.5. The number of benzene rings is 3. The third-order valence-electron chi connectivity index (χ3n) is 5.41. The molecule has 2 N–H and O–H groups in total. The maximum absolute atomic E-state index is 5.69. The van der Waals surface area contributed by atoms with Crippen LogP contribution in [0, 0.1) is 0 Å². The van der Waals surface area contributed by atoms with E-state index in [-0.39, 0.29) is 7.43 Å². The van der Waals surface area contributed by atoms with Crippen LogP contribution in [0.25, 0.3) is 17.2 Å². The summed E-state index contributed by atoms with van der Waals surface area (Å²) in [5.41, 5.74) is 3.57. The second-order valence-corrected chi connectivity index (χ2v) is 8.58. The first-order chi connectivity index (χ1) is 18.2. The van der Waals surface area contributed by atoms with E-state index in [1.165, 1.54) is 16.7 Å². The third kappa shape index (κ3) is 13.3. The molecule has 0 bridgehead atoms. The lowest BCUT2D eigenvalue weighted by Gasteiger charge is -2.08. The second-order valence-electron chi connectivity index (χ2n) is 8.58. The number of unbranched alkanes of at least 4 members (excludes halogenated alkanes) is 1. The van der Waals surface area contributed by atoms with E-state index in [1.54, 1.807) is 0 Å². The average Bonchev–Trinajstić information content (AvgIpc) is 2.94. The van der Waals surface area contributed by atoms with Crippen LogP contribution in [0.4, 0.5) is 0 Å². The van der Waals surface area contributed by atoms with Crippen molar-refractivity contribution in [3.05, 3.63) is 84.4 Å². The zero-order valence-corrected chi connectivity index (χ0v) is 23.0. The van der Waals surface area contributed by atoms with Crippen molar-refractivity contribution in [3.8, 4) is 28.4 Å². The number of rotatable bonds is 15. The molecule has 0 aromatic heterocycles. The minimum atomic E-state index is 0. The van der Waals surface area contributed by atoms with Crippen molar-refractivity contribution in [2.24, 2.45) is 0 Å². The molecule has 0 atom stereocenters. The summed E-state index contributed by atoms with van der Waals surface area (Å²) >= 11 is 0. The fourth-order valence-electron chi connectivity index (χ4n) is 3.30. The molecule has 5 heteroatoms. The van der Waals surface area contributed by atoms with Crippen LogP contribution in [0.2, 0.25) is 0 Å². The van der Waals surface area contributed by atoms with Crippen LogP contribution in [0.5, 0.6) is 17.2 Å². The van der Waals surface area contributed by atoms with Crippen LogP contribution in [-0.2, 0) is 0 Å². The number of likely N-dealkylation sites (N-methyl/N-ethyl adjacent to an activating group) is 2. The molecule has 3 aromatic carbocycles. The van der Waals surface area contributed by atoms with Crippen LogP contribution in [0.15, 0.2) is 78.9 Å². The Bertz CT molecular complexity index is 933. The fraction of sp³-hybridized carbons (Fsp3) is 0.394. The Hall–Kier alpha value is -3.28. The average molecular weight is 521 g/mol. The van der Waals surface area contributed by atoms with Gasteiger partial charge in [0.1, 0.15) is 23.9 Å². The Kier molecular flexibility index (Phi) is 17.9. The van der Waals surface area contributed by atoms with Gasteiger partial charge in [0.05, 0.1) is 13.2 Å². The van der Waals surface area contributed by atoms with Gasteiger partial charge in [-0.3, -0.25) is 0 Å². The monoisotopic (exact) mass is 520 g/mol. The molecule has 0 amide bonds. The Labute approximate surface area is 231 Å². The van der Waals surface area contributed by atoms with Crippen molar-refractivity contribution in [3.63, 3.8) is 0 Å². The minimum Gasteiger partial charge on any atom is -0.494 e. The van der Waals surface area contributed by atoms with Gasteiger partial charge in [-0.1, -0.05) is 76.2 Å². The van der Waals surface area contributed by atoms with Crippen LogP contribution < -0.4 is 24.8 Å². The summed E-state index contributed by atoms with van der Waals surface area (Å²) in [6, 6.07) is 24.6. The summed E-state index contributed by atoms with van der Waals surface area (Å²) < 4.78 is 16.8.